The second-order valence-electron chi connectivity index (χ2n) is 10.4. The van der Waals surface area contributed by atoms with Crippen LogP contribution in [0.3, 0.4) is 0 Å². The van der Waals surface area contributed by atoms with Crippen LogP contribution in [0.15, 0.2) is 91.0 Å². The van der Waals surface area contributed by atoms with Gasteiger partial charge in [0, 0.05) is 30.6 Å². The predicted molar refractivity (Wildman–Crippen MR) is 142 cm³/mol. The van der Waals surface area contributed by atoms with Crippen molar-refractivity contribution in [3.05, 3.63) is 108 Å². The van der Waals surface area contributed by atoms with E-state index < -0.39 is 0 Å². The lowest BCUT2D eigenvalue weighted by Gasteiger charge is -2.43. The highest BCUT2D eigenvalue weighted by Gasteiger charge is 2.43. The molecule has 2 saturated heterocycles. The average molecular weight is 468 g/mol. The highest BCUT2D eigenvalue weighted by molar-refractivity contribution is 5.74. The number of urea groups is 1. The van der Waals surface area contributed by atoms with Crippen LogP contribution in [0.25, 0.3) is 0 Å². The molecule has 2 aliphatic rings. The van der Waals surface area contributed by atoms with Gasteiger partial charge in [0.1, 0.15) is 0 Å². The number of fused-ring (bicyclic) bond motifs is 2. The number of rotatable bonds is 8. The molecule has 2 aliphatic heterocycles. The van der Waals surface area contributed by atoms with Crippen LogP contribution in [-0.2, 0) is 12.0 Å². The van der Waals surface area contributed by atoms with Crippen molar-refractivity contribution < 1.29 is 4.79 Å². The molecule has 0 unspecified atom stereocenters. The normalized spacial score (nSPS) is 22.0. The number of hydrogen-bond donors (Lipinski definition) is 2. The van der Waals surface area contributed by atoms with Crippen molar-refractivity contribution in [2.45, 2.75) is 56.1 Å². The fourth-order valence-electron chi connectivity index (χ4n) is 6.45. The van der Waals surface area contributed by atoms with Crippen LogP contribution in [-0.4, -0.2) is 36.6 Å². The Morgan fingerprint density at radius 1 is 0.800 bits per heavy atom. The van der Waals surface area contributed by atoms with E-state index in [1.54, 1.807) is 0 Å². The number of nitrogens with zero attached hydrogens (tertiary/aromatic N) is 1. The molecule has 2 atom stereocenters. The quantitative estimate of drug-likeness (QED) is 0.444. The van der Waals surface area contributed by atoms with Crippen molar-refractivity contribution >= 4 is 6.03 Å². The van der Waals surface area contributed by atoms with E-state index in [2.05, 4.69) is 83.2 Å². The van der Waals surface area contributed by atoms with Crippen LogP contribution in [0, 0.1) is 5.92 Å². The van der Waals surface area contributed by atoms with E-state index in [4.69, 9.17) is 0 Å². The van der Waals surface area contributed by atoms with Crippen LogP contribution in [0.5, 0.6) is 0 Å². The molecule has 182 valence electrons. The summed E-state index contributed by atoms with van der Waals surface area (Å²) >= 11 is 0. The van der Waals surface area contributed by atoms with Gasteiger partial charge in [-0.15, -0.1) is 0 Å². The van der Waals surface area contributed by atoms with Crippen LogP contribution in [0.1, 0.15) is 48.8 Å². The van der Waals surface area contributed by atoms with E-state index in [0.29, 0.717) is 31.1 Å². The first kappa shape index (κ1) is 23.6. The summed E-state index contributed by atoms with van der Waals surface area (Å²) in [5, 5.41) is 6.32. The number of piperidine rings is 1. The van der Waals surface area contributed by atoms with Crippen LogP contribution >= 0.6 is 0 Å². The van der Waals surface area contributed by atoms with E-state index in [9.17, 15) is 4.79 Å². The molecule has 0 spiro atoms. The second-order valence-corrected chi connectivity index (χ2v) is 10.4. The van der Waals surface area contributed by atoms with E-state index >= 15 is 0 Å². The molecular weight excluding hydrogens is 430 g/mol. The standard InChI is InChI=1S/C31H37N3O/c1-34-28-17-18-29(34)20-25(19-28)21-31(26-13-7-3-8-14-26,27-15-9-4-10-16-27)23-33-30(35)32-22-24-11-5-2-6-12-24/h2-16,25,28-29H,17-23H2,1H3,(H2,32,33,35)/t28-,29-/m0/s1. The smallest absolute Gasteiger partial charge is 0.315 e. The maximum atomic E-state index is 12.9. The maximum Gasteiger partial charge on any atom is 0.315 e. The fourth-order valence-corrected chi connectivity index (χ4v) is 6.45. The zero-order valence-electron chi connectivity index (χ0n) is 20.7. The molecule has 4 heteroatoms. The molecule has 0 radical (unpaired) electrons. The summed E-state index contributed by atoms with van der Waals surface area (Å²) < 4.78 is 0. The molecule has 0 saturated carbocycles. The third-order valence-corrected chi connectivity index (χ3v) is 8.33. The Morgan fingerprint density at radius 3 is 1.86 bits per heavy atom. The summed E-state index contributed by atoms with van der Waals surface area (Å²) in [6.45, 7) is 1.10. The molecule has 2 N–H and O–H groups in total. The molecule has 3 aromatic carbocycles. The summed E-state index contributed by atoms with van der Waals surface area (Å²) in [6.07, 6.45) is 6.17. The Morgan fingerprint density at radius 2 is 1.31 bits per heavy atom. The van der Waals surface area contributed by atoms with E-state index in [-0.39, 0.29) is 11.4 Å². The molecule has 5 rings (SSSR count). The van der Waals surface area contributed by atoms with E-state index in [1.807, 2.05) is 30.3 Å². The fraction of sp³-hybridized carbons (Fsp3) is 0.387. The highest BCUT2D eigenvalue weighted by Crippen LogP contribution is 2.45. The molecule has 0 aromatic heterocycles. The van der Waals surface area contributed by atoms with Gasteiger partial charge < -0.3 is 15.5 Å². The largest absolute Gasteiger partial charge is 0.337 e. The number of hydrogen-bond acceptors (Lipinski definition) is 2. The molecule has 2 heterocycles. The maximum absolute atomic E-state index is 12.9. The topological polar surface area (TPSA) is 44.4 Å². The molecule has 4 nitrogen and oxygen atoms in total. The van der Waals surface area contributed by atoms with Crippen molar-refractivity contribution in [2.24, 2.45) is 5.92 Å². The minimum atomic E-state index is -0.271. The first-order chi connectivity index (χ1) is 17.1. The van der Waals surface area contributed by atoms with Gasteiger partial charge in [-0.2, -0.15) is 0 Å². The molecule has 2 amide bonds. The number of amides is 2. The average Bonchev–Trinajstić information content (AvgIpc) is 3.11. The first-order valence-electron chi connectivity index (χ1n) is 13.0. The third kappa shape index (κ3) is 5.28. The van der Waals surface area contributed by atoms with E-state index in [0.717, 1.165) is 12.0 Å². The second kappa shape index (κ2) is 10.7. The Balaban J connectivity index is 1.40. The predicted octanol–water partition coefficient (Wildman–Crippen LogP) is 5.74. The van der Waals surface area contributed by atoms with Crippen molar-refractivity contribution in [3.63, 3.8) is 0 Å². The minimum absolute atomic E-state index is 0.117. The van der Waals surface area contributed by atoms with Crippen molar-refractivity contribution in [3.8, 4) is 0 Å². The lowest BCUT2D eigenvalue weighted by molar-refractivity contribution is 0.118. The van der Waals surface area contributed by atoms with Gasteiger partial charge in [-0.1, -0.05) is 91.0 Å². The Kier molecular flexibility index (Phi) is 7.19. The van der Waals surface area contributed by atoms with Crippen LogP contribution < -0.4 is 10.6 Å². The summed E-state index contributed by atoms with van der Waals surface area (Å²) in [5.41, 5.74) is 3.38. The molecule has 2 bridgehead atoms. The Labute approximate surface area is 209 Å². The third-order valence-electron chi connectivity index (χ3n) is 8.33. The number of nitrogens with one attached hydrogen (secondary N) is 2. The lowest BCUT2D eigenvalue weighted by Crippen LogP contribution is -2.48. The monoisotopic (exact) mass is 467 g/mol. The Hall–Kier alpha value is -3.11. The molecule has 3 aromatic rings. The van der Waals surface area contributed by atoms with Crippen molar-refractivity contribution in [1.29, 1.82) is 0 Å². The van der Waals surface area contributed by atoms with Gasteiger partial charge >= 0.3 is 6.03 Å². The van der Waals surface area contributed by atoms with Crippen LogP contribution in [0.2, 0.25) is 0 Å². The zero-order valence-corrected chi connectivity index (χ0v) is 20.7. The molecule has 2 fully saturated rings. The molecular formula is C31H37N3O. The van der Waals surface area contributed by atoms with Gasteiger partial charge in [0.2, 0.25) is 0 Å². The van der Waals surface area contributed by atoms with Gasteiger partial charge in [0.15, 0.2) is 0 Å². The lowest BCUT2D eigenvalue weighted by atomic mass is 9.67. The SMILES string of the molecule is CN1[C@H]2CC[C@H]1CC(CC(CNC(=O)NCc1ccccc1)(c1ccccc1)c1ccccc1)C2. The van der Waals surface area contributed by atoms with Gasteiger partial charge in [0.25, 0.3) is 0 Å². The zero-order chi connectivity index (χ0) is 24.1. The Bertz CT molecular complexity index is 1030. The van der Waals surface area contributed by atoms with Gasteiger partial charge in [-0.05, 0) is 61.8 Å². The number of benzene rings is 3. The van der Waals surface area contributed by atoms with Crippen LogP contribution in [0.4, 0.5) is 4.79 Å². The summed E-state index contributed by atoms with van der Waals surface area (Å²) in [5.74, 6) is 0.637. The first-order valence-corrected chi connectivity index (χ1v) is 13.0. The summed E-state index contributed by atoms with van der Waals surface area (Å²) in [7, 11) is 2.30. The van der Waals surface area contributed by atoms with Gasteiger partial charge in [0.05, 0.1) is 0 Å². The van der Waals surface area contributed by atoms with E-state index in [1.165, 1.54) is 36.8 Å². The van der Waals surface area contributed by atoms with Crippen molar-refractivity contribution in [2.75, 3.05) is 13.6 Å². The minimum Gasteiger partial charge on any atom is -0.337 e. The van der Waals surface area contributed by atoms with Gasteiger partial charge in [-0.25, -0.2) is 4.79 Å². The summed E-state index contributed by atoms with van der Waals surface area (Å²) in [6, 6.07) is 32.9. The summed E-state index contributed by atoms with van der Waals surface area (Å²) in [4.78, 5) is 15.6. The van der Waals surface area contributed by atoms with Crippen molar-refractivity contribution in [1.82, 2.24) is 15.5 Å². The number of carbonyl (C=O) groups excluding carboxylic acids is 1. The highest BCUT2D eigenvalue weighted by atomic mass is 16.2. The number of carbonyl (C=O) groups is 1. The molecule has 35 heavy (non-hydrogen) atoms. The molecule has 0 aliphatic carbocycles. The van der Waals surface area contributed by atoms with Gasteiger partial charge in [-0.3, -0.25) is 0 Å².